The summed E-state index contributed by atoms with van der Waals surface area (Å²) < 4.78 is 23.8. The lowest BCUT2D eigenvalue weighted by atomic mass is 9.93. The average molecular weight is 396 g/mol. The molecule has 27 heavy (non-hydrogen) atoms. The maximum atomic E-state index is 13.3. The van der Waals surface area contributed by atoms with Crippen molar-refractivity contribution in [2.24, 2.45) is 11.7 Å². The van der Waals surface area contributed by atoms with Gasteiger partial charge in [0.15, 0.2) is 0 Å². The zero-order chi connectivity index (χ0) is 20.2. The number of methoxy groups -OCH3 is 1. The average Bonchev–Trinajstić information content (AvgIpc) is 2.61. The van der Waals surface area contributed by atoms with Crippen molar-refractivity contribution in [3.05, 3.63) is 63.9 Å². The van der Waals surface area contributed by atoms with Gasteiger partial charge in [-0.05, 0) is 60.7 Å². The van der Waals surface area contributed by atoms with Gasteiger partial charge < -0.3 is 14.6 Å². The second-order valence-corrected chi connectivity index (χ2v) is 7.05. The Labute approximate surface area is 162 Å². The quantitative estimate of drug-likeness (QED) is 0.550. The first-order valence-corrected chi connectivity index (χ1v) is 8.80. The SMILES string of the molecule is COC(=O)c1ccc(OCC(C)CC(N)(O)c2ccc(F)c(Cl)c2)c(C)c1. The number of carbonyl (C=O) groups excluding carboxylic acids is 1. The van der Waals surface area contributed by atoms with Gasteiger partial charge in [-0.3, -0.25) is 5.73 Å². The van der Waals surface area contributed by atoms with Gasteiger partial charge in [0.2, 0.25) is 0 Å². The Morgan fingerprint density at radius 2 is 2.04 bits per heavy atom. The first-order chi connectivity index (χ1) is 12.6. The van der Waals surface area contributed by atoms with E-state index >= 15 is 0 Å². The van der Waals surface area contributed by atoms with Crippen molar-refractivity contribution in [1.29, 1.82) is 0 Å². The largest absolute Gasteiger partial charge is 0.493 e. The third-order valence-corrected chi connectivity index (χ3v) is 4.49. The lowest BCUT2D eigenvalue weighted by molar-refractivity contribution is 0.0126. The first kappa shape index (κ1) is 21.2. The van der Waals surface area contributed by atoms with Gasteiger partial charge in [-0.2, -0.15) is 0 Å². The van der Waals surface area contributed by atoms with Crippen LogP contribution in [0, 0.1) is 18.7 Å². The number of carbonyl (C=O) groups is 1. The Bertz CT molecular complexity index is 826. The number of rotatable bonds is 7. The van der Waals surface area contributed by atoms with Crippen molar-refractivity contribution in [3.63, 3.8) is 0 Å². The molecule has 0 bridgehead atoms. The van der Waals surface area contributed by atoms with Gasteiger partial charge in [-0.25, -0.2) is 9.18 Å². The van der Waals surface area contributed by atoms with Crippen LogP contribution in [-0.2, 0) is 10.5 Å². The number of hydrogen-bond donors (Lipinski definition) is 2. The van der Waals surface area contributed by atoms with Crippen LogP contribution in [0.4, 0.5) is 4.39 Å². The molecule has 0 aliphatic carbocycles. The smallest absolute Gasteiger partial charge is 0.337 e. The van der Waals surface area contributed by atoms with E-state index in [1.165, 1.54) is 25.3 Å². The van der Waals surface area contributed by atoms with E-state index in [1.807, 2.05) is 13.8 Å². The maximum Gasteiger partial charge on any atom is 0.337 e. The minimum atomic E-state index is -1.66. The topological polar surface area (TPSA) is 81.8 Å². The van der Waals surface area contributed by atoms with E-state index in [1.54, 1.807) is 18.2 Å². The summed E-state index contributed by atoms with van der Waals surface area (Å²) in [4.78, 5) is 11.5. The Kier molecular flexibility index (Phi) is 6.81. The first-order valence-electron chi connectivity index (χ1n) is 8.42. The van der Waals surface area contributed by atoms with Gasteiger partial charge in [0, 0.05) is 0 Å². The summed E-state index contributed by atoms with van der Waals surface area (Å²) >= 11 is 5.76. The highest BCUT2D eigenvalue weighted by molar-refractivity contribution is 6.30. The van der Waals surface area contributed by atoms with E-state index in [-0.39, 0.29) is 17.4 Å². The molecule has 2 aromatic carbocycles. The van der Waals surface area contributed by atoms with Crippen molar-refractivity contribution in [1.82, 2.24) is 0 Å². The molecule has 0 spiro atoms. The monoisotopic (exact) mass is 395 g/mol. The van der Waals surface area contributed by atoms with E-state index in [2.05, 4.69) is 4.74 Å². The standard InChI is InChI=1S/C20H23ClFNO4/c1-12(10-20(23,25)15-5-6-17(22)16(21)9-15)11-27-18-7-4-14(8-13(18)2)19(24)26-3/h4-9,12,25H,10-11,23H2,1-3H3. The number of nitrogens with two attached hydrogens (primary N) is 1. The normalized spacial score (nSPS) is 14.3. The second kappa shape index (κ2) is 8.69. The Morgan fingerprint density at radius 1 is 1.33 bits per heavy atom. The summed E-state index contributed by atoms with van der Waals surface area (Å²) in [7, 11) is 1.33. The minimum absolute atomic E-state index is 0.0957. The number of hydrogen-bond acceptors (Lipinski definition) is 5. The summed E-state index contributed by atoms with van der Waals surface area (Å²) in [6.45, 7) is 4.00. The van der Waals surface area contributed by atoms with Crippen LogP contribution >= 0.6 is 11.6 Å². The molecule has 0 saturated carbocycles. The zero-order valence-electron chi connectivity index (χ0n) is 15.5. The van der Waals surface area contributed by atoms with E-state index in [0.29, 0.717) is 23.5 Å². The van der Waals surface area contributed by atoms with Crippen molar-refractivity contribution in [2.75, 3.05) is 13.7 Å². The Morgan fingerprint density at radius 3 is 2.63 bits per heavy atom. The molecule has 7 heteroatoms. The lowest BCUT2D eigenvalue weighted by Gasteiger charge is -2.27. The van der Waals surface area contributed by atoms with E-state index in [4.69, 9.17) is 22.1 Å². The fourth-order valence-electron chi connectivity index (χ4n) is 2.76. The van der Waals surface area contributed by atoms with Gasteiger partial charge in [0.25, 0.3) is 0 Å². The fraction of sp³-hybridized carbons (Fsp3) is 0.350. The Hall–Kier alpha value is -2.15. The van der Waals surface area contributed by atoms with Crippen LogP contribution < -0.4 is 10.5 Å². The number of aliphatic hydroxyl groups is 1. The summed E-state index contributed by atoms with van der Waals surface area (Å²) in [5.41, 5.74) is 5.90. The molecule has 3 N–H and O–H groups in total. The van der Waals surface area contributed by atoms with Crippen molar-refractivity contribution < 1.29 is 23.8 Å². The fourth-order valence-corrected chi connectivity index (χ4v) is 2.94. The molecule has 0 aliphatic heterocycles. The van der Waals surface area contributed by atoms with Crippen molar-refractivity contribution >= 4 is 17.6 Å². The predicted octanol–water partition coefficient (Wildman–Crippen LogP) is 3.78. The van der Waals surface area contributed by atoms with Gasteiger partial charge in [-0.1, -0.05) is 24.6 Å². The third-order valence-electron chi connectivity index (χ3n) is 4.20. The summed E-state index contributed by atoms with van der Waals surface area (Å²) in [6.07, 6.45) is 0.189. The highest BCUT2D eigenvalue weighted by Crippen LogP contribution is 2.28. The summed E-state index contributed by atoms with van der Waals surface area (Å²) in [5, 5.41) is 10.4. The van der Waals surface area contributed by atoms with Gasteiger partial charge in [0.1, 0.15) is 17.3 Å². The maximum absolute atomic E-state index is 13.3. The number of esters is 1. The van der Waals surface area contributed by atoms with Crippen LogP contribution in [-0.4, -0.2) is 24.8 Å². The van der Waals surface area contributed by atoms with E-state index in [0.717, 1.165) is 5.56 Å². The molecule has 2 atom stereocenters. The molecule has 0 fully saturated rings. The molecule has 2 aromatic rings. The van der Waals surface area contributed by atoms with Crippen LogP contribution in [0.1, 0.15) is 34.8 Å². The molecule has 0 aromatic heterocycles. The van der Waals surface area contributed by atoms with Crippen LogP contribution in [0.15, 0.2) is 36.4 Å². The molecular formula is C20H23ClFNO4. The van der Waals surface area contributed by atoms with Crippen LogP contribution in [0.3, 0.4) is 0 Å². The van der Waals surface area contributed by atoms with Crippen molar-refractivity contribution in [2.45, 2.75) is 26.0 Å². The minimum Gasteiger partial charge on any atom is -0.493 e. The molecule has 0 heterocycles. The molecule has 0 saturated heterocycles. The summed E-state index contributed by atoms with van der Waals surface area (Å²) in [6, 6.07) is 8.90. The molecule has 0 radical (unpaired) electrons. The lowest BCUT2D eigenvalue weighted by Crippen LogP contribution is -2.39. The molecular weight excluding hydrogens is 373 g/mol. The van der Waals surface area contributed by atoms with Crippen LogP contribution in [0.25, 0.3) is 0 Å². The highest BCUT2D eigenvalue weighted by atomic mass is 35.5. The van der Waals surface area contributed by atoms with E-state index < -0.39 is 17.5 Å². The number of aryl methyl sites for hydroxylation is 1. The van der Waals surface area contributed by atoms with E-state index in [9.17, 15) is 14.3 Å². The molecule has 0 aliphatic rings. The molecule has 5 nitrogen and oxygen atoms in total. The molecule has 2 rings (SSSR count). The van der Waals surface area contributed by atoms with Crippen LogP contribution in [0.2, 0.25) is 5.02 Å². The van der Waals surface area contributed by atoms with Crippen molar-refractivity contribution in [3.8, 4) is 5.75 Å². The Balaban J connectivity index is 2.00. The molecule has 2 unspecified atom stereocenters. The predicted molar refractivity (Wildman–Crippen MR) is 101 cm³/mol. The molecule has 146 valence electrons. The van der Waals surface area contributed by atoms with Crippen LogP contribution in [0.5, 0.6) is 5.75 Å². The number of halogens is 2. The summed E-state index contributed by atoms with van der Waals surface area (Å²) in [5.74, 6) is -0.467. The number of benzene rings is 2. The number of ether oxygens (including phenoxy) is 2. The molecule has 0 amide bonds. The highest BCUT2D eigenvalue weighted by Gasteiger charge is 2.27. The second-order valence-electron chi connectivity index (χ2n) is 6.65. The third kappa shape index (κ3) is 5.42. The van der Waals surface area contributed by atoms with Gasteiger partial charge in [-0.15, -0.1) is 0 Å². The van der Waals surface area contributed by atoms with Gasteiger partial charge >= 0.3 is 5.97 Å². The zero-order valence-corrected chi connectivity index (χ0v) is 16.2. The van der Waals surface area contributed by atoms with Gasteiger partial charge in [0.05, 0.1) is 24.3 Å².